The summed E-state index contributed by atoms with van der Waals surface area (Å²) in [5, 5.41) is 3.07. The molecule has 4 nitrogen and oxygen atoms in total. The summed E-state index contributed by atoms with van der Waals surface area (Å²) in [5.74, 6) is -1.06. The minimum atomic E-state index is -0.532. The summed E-state index contributed by atoms with van der Waals surface area (Å²) in [6.45, 7) is 6.16. The Bertz CT molecular complexity index is 480. The summed E-state index contributed by atoms with van der Waals surface area (Å²) in [5.41, 5.74) is 5.96. The number of hydrogen-bond donors (Lipinski definition) is 2. The lowest BCUT2D eigenvalue weighted by atomic mass is 10.1. The van der Waals surface area contributed by atoms with Crippen molar-refractivity contribution in [1.29, 1.82) is 0 Å². The van der Waals surface area contributed by atoms with E-state index in [1.54, 1.807) is 4.90 Å². The van der Waals surface area contributed by atoms with E-state index in [0.717, 1.165) is 19.3 Å². The highest BCUT2D eigenvalue weighted by Crippen LogP contribution is 2.29. The fourth-order valence-electron chi connectivity index (χ4n) is 3.01. The van der Waals surface area contributed by atoms with Crippen LogP contribution >= 0.6 is 0 Å². The lowest BCUT2D eigenvalue weighted by Gasteiger charge is -2.37. The zero-order valence-corrected chi connectivity index (χ0v) is 13.9. The lowest BCUT2D eigenvalue weighted by Crippen LogP contribution is -2.46. The van der Waals surface area contributed by atoms with Crippen LogP contribution in [0.15, 0.2) is 12.1 Å². The molecule has 1 aromatic carbocycles. The van der Waals surface area contributed by atoms with Gasteiger partial charge in [0.2, 0.25) is 0 Å². The van der Waals surface area contributed by atoms with Crippen LogP contribution in [0.25, 0.3) is 0 Å². The van der Waals surface area contributed by atoms with E-state index in [4.69, 9.17) is 10.5 Å². The van der Waals surface area contributed by atoms with E-state index in [1.165, 1.54) is 12.1 Å². The molecule has 0 bridgehead atoms. The second kappa shape index (κ2) is 8.45. The van der Waals surface area contributed by atoms with E-state index < -0.39 is 11.6 Å². The summed E-state index contributed by atoms with van der Waals surface area (Å²) in [6, 6.07) is 2.73. The van der Waals surface area contributed by atoms with Gasteiger partial charge in [-0.05, 0) is 45.4 Å². The molecule has 0 radical (unpaired) electrons. The van der Waals surface area contributed by atoms with E-state index in [2.05, 4.69) is 5.32 Å². The van der Waals surface area contributed by atoms with Crippen molar-refractivity contribution in [3.63, 3.8) is 0 Å². The van der Waals surface area contributed by atoms with Crippen LogP contribution in [0, 0.1) is 11.6 Å². The van der Waals surface area contributed by atoms with Crippen molar-refractivity contribution in [1.82, 2.24) is 0 Å². The SMILES string of the molecule is CC1CN(c2c(F)cc(NCCCCCN)cc2F)CC(C)O1. The van der Waals surface area contributed by atoms with Crippen LogP contribution in [-0.2, 0) is 4.74 Å². The fourth-order valence-corrected chi connectivity index (χ4v) is 3.01. The van der Waals surface area contributed by atoms with Crippen molar-refractivity contribution in [3.05, 3.63) is 23.8 Å². The van der Waals surface area contributed by atoms with Crippen molar-refractivity contribution in [3.8, 4) is 0 Å². The molecule has 2 unspecified atom stereocenters. The van der Waals surface area contributed by atoms with Gasteiger partial charge in [0.25, 0.3) is 0 Å². The van der Waals surface area contributed by atoms with Gasteiger partial charge in [0.05, 0.1) is 12.2 Å². The molecular weight excluding hydrogens is 300 g/mol. The lowest BCUT2D eigenvalue weighted by molar-refractivity contribution is -0.00557. The predicted molar refractivity (Wildman–Crippen MR) is 90.0 cm³/mol. The number of hydrogen-bond acceptors (Lipinski definition) is 4. The van der Waals surface area contributed by atoms with E-state index in [1.807, 2.05) is 13.8 Å². The van der Waals surface area contributed by atoms with E-state index in [-0.39, 0.29) is 17.9 Å². The Kier molecular flexibility index (Phi) is 6.59. The van der Waals surface area contributed by atoms with Crippen LogP contribution in [0.3, 0.4) is 0 Å². The maximum absolute atomic E-state index is 14.4. The van der Waals surface area contributed by atoms with Crippen molar-refractivity contribution in [2.75, 3.05) is 36.4 Å². The third-order valence-electron chi connectivity index (χ3n) is 3.96. The Labute approximate surface area is 137 Å². The highest BCUT2D eigenvalue weighted by Gasteiger charge is 2.26. The molecule has 3 N–H and O–H groups in total. The third-order valence-corrected chi connectivity index (χ3v) is 3.96. The van der Waals surface area contributed by atoms with Crippen molar-refractivity contribution in [2.45, 2.75) is 45.3 Å². The number of anilines is 2. The van der Waals surface area contributed by atoms with Gasteiger partial charge in [-0.25, -0.2) is 8.78 Å². The zero-order valence-electron chi connectivity index (χ0n) is 13.9. The first kappa shape index (κ1) is 17.9. The maximum Gasteiger partial charge on any atom is 0.151 e. The minimum Gasteiger partial charge on any atom is -0.385 e. The Morgan fingerprint density at radius 3 is 2.30 bits per heavy atom. The first-order valence-corrected chi connectivity index (χ1v) is 8.34. The summed E-state index contributed by atoms with van der Waals surface area (Å²) in [7, 11) is 0. The second-order valence-corrected chi connectivity index (χ2v) is 6.23. The van der Waals surface area contributed by atoms with Gasteiger partial charge in [0, 0.05) is 25.3 Å². The first-order chi connectivity index (χ1) is 11.0. The fraction of sp³-hybridized carbons (Fsp3) is 0.647. The quantitative estimate of drug-likeness (QED) is 0.756. The number of morpholine rings is 1. The topological polar surface area (TPSA) is 50.5 Å². The van der Waals surface area contributed by atoms with Crippen LogP contribution < -0.4 is 16.0 Å². The molecule has 0 amide bonds. The van der Waals surface area contributed by atoms with Crippen LogP contribution in [-0.4, -0.2) is 38.4 Å². The molecule has 2 atom stereocenters. The monoisotopic (exact) mass is 327 g/mol. The molecule has 0 aliphatic carbocycles. The van der Waals surface area contributed by atoms with Crippen molar-refractivity contribution < 1.29 is 13.5 Å². The van der Waals surface area contributed by atoms with Gasteiger partial charge >= 0.3 is 0 Å². The summed E-state index contributed by atoms with van der Waals surface area (Å²) < 4.78 is 34.4. The van der Waals surface area contributed by atoms with E-state index in [9.17, 15) is 8.78 Å². The van der Waals surface area contributed by atoms with Gasteiger partial charge in [-0.15, -0.1) is 0 Å². The average molecular weight is 327 g/mol. The van der Waals surface area contributed by atoms with Crippen LogP contribution in [0.5, 0.6) is 0 Å². The number of ether oxygens (including phenoxy) is 1. The molecule has 0 saturated carbocycles. The number of nitrogens with zero attached hydrogens (tertiary/aromatic N) is 1. The molecule has 130 valence electrons. The molecule has 23 heavy (non-hydrogen) atoms. The largest absolute Gasteiger partial charge is 0.385 e. The maximum atomic E-state index is 14.4. The molecule has 0 spiro atoms. The molecule has 1 heterocycles. The summed E-state index contributed by atoms with van der Waals surface area (Å²) in [4.78, 5) is 1.73. The number of nitrogens with one attached hydrogen (secondary N) is 1. The van der Waals surface area contributed by atoms with Crippen LogP contribution in [0.1, 0.15) is 33.1 Å². The Hall–Kier alpha value is -1.40. The molecule has 1 saturated heterocycles. The highest BCUT2D eigenvalue weighted by atomic mass is 19.1. The molecule has 1 aromatic rings. The molecule has 1 fully saturated rings. The predicted octanol–water partition coefficient (Wildman–Crippen LogP) is 3.12. The average Bonchev–Trinajstić information content (AvgIpc) is 2.45. The van der Waals surface area contributed by atoms with Gasteiger partial charge in [-0.3, -0.25) is 0 Å². The van der Waals surface area contributed by atoms with Gasteiger partial charge < -0.3 is 20.7 Å². The Morgan fingerprint density at radius 1 is 1.13 bits per heavy atom. The summed E-state index contributed by atoms with van der Waals surface area (Å²) >= 11 is 0. The van der Waals surface area contributed by atoms with Crippen molar-refractivity contribution in [2.24, 2.45) is 5.73 Å². The summed E-state index contributed by atoms with van der Waals surface area (Å²) in [6.07, 6.45) is 2.82. The van der Waals surface area contributed by atoms with E-state index in [0.29, 0.717) is 31.9 Å². The molecule has 1 aliphatic rings. The van der Waals surface area contributed by atoms with Gasteiger partial charge in [0.1, 0.15) is 5.69 Å². The first-order valence-electron chi connectivity index (χ1n) is 8.34. The zero-order chi connectivity index (χ0) is 16.8. The van der Waals surface area contributed by atoms with Gasteiger partial charge in [0.15, 0.2) is 11.6 Å². The molecule has 6 heteroatoms. The highest BCUT2D eigenvalue weighted by molar-refractivity contribution is 5.58. The number of nitrogens with two attached hydrogens (primary N) is 1. The molecular formula is C17H27F2N3O. The van der Waals surface area contributed by atoms with Crippen molar-refractivity contribution >= 4 is 11.4 Å². The van der Waals surface area contributed by atoms with Gasteiger partial charge in [-0.1, -0.05) is 6.42 Å². The standard InChI is InChI=1S/C17H27F2N3O/c1-12-10-22(11-13(2)23-12)17-15(18)8-14(9-16(17)19)21-7-5-3-4-6-20/h8-9,12-13,21H,3-7,10-11,20H2,1-2H3. The molecule has 2 rings (SSSR count). The van der Waals surface area contributed by atoms with Crippen LogP contribution in [0.4, 0.5) is 20.2 Å². The molecule has 0 aromatic heterocycles. The second-order valence-electron chi connectivity index (χ2n) is 6.23. The Morgan fingerprint density at radius 2 is 1.74 bits per heavy atom. The number of rotatable bonds is 7. The smallest absolute Gasteiger partial charge is 0.151 e. The molecule has 1 aliphatic heterocycles. The number of unbranched alkanes of at least 4 members (excludes halogenated alkanes) is 2. The number of halogens is 2. The normalized spacial score (nSPS) is 21.5. The third kappa shape index (κ3) is 5.04. The Balaban J connectivity index is 2.02. The number of benzene rings is 1. The van der Waals surface area contributed by atoms with E-state index >= 15 is 0 Å². The van der Waals surface area contributed by atoms with Gasteiger partial charge in [-0.2, -0.15) is 0 Å². The van der Waals surface area contributed by atoms with Crippen LogP contribution in [0.2, 0.25) is 0 Å². The minimum absolute atomic E-state index is 0.0423.